The van der Waals surface area contributed by atoms with Crippen LogP contribution < -0.4 is 11.1 Å². The van der Waals surface area contributed by atoms with Crippen LogP contribution in [-0.2, 0) is 0 Å². The first-order valence-electron chi connectivity index (χ1n) is 4.73. The first kappa shape index (κ1) is 16.9. The first-order valence-corrected chi connectivity index (χ1v) is 5.71. The fourth-order valence-corrected chi connectivity index (χ4v) is 1.55. The molecule has 0 radical (unpaired) electrons. The van der Waals surface area contributed by atoms with E-state index < -0.39 is 11.4 Å². The number of alkyl halides is 3. The minimum atomic E-state index is -4.26. The maximum atomic E-state index is 11.8. The summed E-state index contributed by atoms with van der Waals surface area (Å²) in [5, 5.41) is 2.38. The van der Waals surface area contributed by atoms with Crippen molar-refractivity contribution in [3.63, 3.8) is 0 Å². The van der Waals surface area contributed by atoms with Gasteiger partial charge < -0.3 is 11.1 Å². The lowest BCUT2D eigenvalue weighted by molar-refractivity contribution is -0.0327. The molecular formula is C10H12ClF3N2OS. The number of nitrogens with two attached hydrogens (primary N) is 1. The Balaban J connectivity index is 0.00000289. The Morgan fingerprint density at radius 1 is 1.39 bits per heavy atom. The highest BCUT2D eigenvalue weighted by molar-refractivity contribution is 8.00. The van der Waals surface area contributed by atoms with Gasteiger partial charge in [-0.25, -0.2) is 0 Å². The molecule has 102 valence electrons. The molecule has 1 rings (SSSR count). The van der Waals surface area contributed by atoms with Gasteiger partial charge in [-0.1, -0.05) is 6.07 Å². The van der Waals surface area contributed by atoms with E-state index in [0.717, 1.165) is 0 Å². The summed E-state index contributed by atoms with van der Waals surface area (Å²) in [5.74, 6) is -0.641. The van der Waals surface area contributed by atoms with Gasteiger partial charge in [-0.3, -0.25) is 4.79 Å². The van der Waals surface area contributed by atoms with E-state index in [4.69, 9.17) is 5.73 Å². The number of anilines is 1. The van der Waals surface area contributed by atoms with Crippen molar-refractivity contribution in [1.82, 2.24) is 5.32 Å². The maximum absolute atomic E-state index is 11.8. The molecule has 0 saturated carbocycles. The van der Waals surface area contributed by atoms with Crippen molar-refractivity contribution < 1.29 is 18.0 Å². The Morgan fingerprint density at radius 3 is 2.61 bits per heavy atom. The number of halogens is 4. The molecule has 1 aromatic carbocycles. The molecule has 0 heterocycles. The van der Waals surface area contributed by atoms with E-state index >= 15 is 0 Å². The van der Waals surface area contributed by atoms with Crippen LogP contribution in [0.25, 0.3) is 0 Å². The number of amides is 1. The Hall–Kier alpha value is -1.08. The minimum Gasteiger partial charge on any atom is -0.399 e. The van der Waals surface area contributed by atoms with E-state index in [1.807, 2.05) is 0 Å². The van der Waals surface area contributed by atoms with Crippen molar-refractivity contribution in [1.29, 1.82) is 0 Å². The predicted octanol–water partition coefficient (Wildman–Crippen LogP) is 2.67. The third-order valence-electron chi connectivity index (χ3n) is 1.80. The van der Waals surface area contributed by atoms with Gasteiger partial charge in [0, 0.05) is 23.5 Å². The summed E-state index contributed by atoms with van der Waals surface area (Å²) in [6.07, 6.45) is 0. The normalized spacial score (nSPS) is 10.6. The molecule has 0 aliphatic heterocycles. The van der Waals surface area contributed by atoms with E-state index in [-0.39, 0.29) is 36.5 Å². The van der Waals surface area contributed by atoms with Crippen LogP contribution in [0.3, 0.4) is 0 Å². The van der Waals surface area contributed by atoms with Gasteiger partial charge in [0.05, 0.1) is 0 Å². The summed E-state index contributed by atoms with van der Waals surface area (Å²) >= 11 is -0.166. The molecule has 0 fully saturated rings. The SMILES string of the molecule is Cl.Nc1cccc(C(=O)NCCSC(F)(F)F)c1. The molecule has 8 heteroatoms. The molecule has 0 bridgehead atoms. The number of nitrogens with one attached hydrogen (secondary N) is 1. The third kappa shape index (κ3) is 6.61. The van der Waals surface area contributed by atoms with Gasteiger partial charge >= 0.3 is 5.51 Å². The lowest BCUT2D eigenvalue weighted by atomic mass is 10.2. The van der Waals surface area contributed by atoms with Gasteiger partial charge in [0.15, 0.2) is 0 Å². The molecule has 0 unspecified atom stereocenters. The molecule has 0 aromatic heterocycles. The maximum Gasteiger partial charge on any atom is 0.441 e. The van der Waals surface area contributed by atoms with Gasteiger partial charge in [0.25, 0.3) is 5.91 Å². The van der Waals surface area contributed by atoms with Gasteiger partial charge in [0.1, 0.15) is 0 Å². The monoisotopic (exact) mass is 300 g/mol. The third-order valence-corrected chi connectivity index (χ3v) is 2.54. The summed E-state index contributed by atoms with van der Waals surface area (Å²) in [6, 6.07) is 6.24. The van der Waals surface area contributed by atoms with E-state index in [1.54, 1.807) is 18.2 Å². The van der Waals surface area contributed by atoms with Crippen LogP contribution in [0.5, 0.6) is 0 Å². The number of thioether (sulfide) groups is 1. The van der Waals surface area contributed by atoms with Gasteiger partial charge in [0.2, 0.25) is 0 Å². The Morgan fingerprint density at radius 2 is 2.06 bits per heavy atom. The van der Waals surface area contributed by atoms with Crippen LogP contribution in [0.1, 0.15) is 10.4 Å². The van der Waals surface area contributed by atoms with Crippen LogP contribution in [-0.4, -0.2) is 23.7 Å². The zero-order valence-corrected chi connectivity index (χ0v) is 10.8. The van der Waals surface area contributed by atoms with Crippen molar-refractivity contribution in [3.05, 3.63) is 29.8 Å². The summed E-state index contributed by atoms with van der Waals surface area (Å²) in [6.45, 7) is -0.0438. The largest absolute Gasteiger partial charge is 0.441 e. The van der Waals surface area contributed by atoms with Crippen LogP contribution in [0.15, 0.2) is 24.3 Å². The smallest absolute Gasteiger partial charge is 0.399 e. The van der Waals surface area contributed by atoms with Crippen molar-refractivity contribution in [2.75, 3.05) is 18.0 Å². The topological polar surface area (TPSA) is 55.1 Å². The van der Waals surface area contributed by atoms with Crippen LogP contribution in [0.4, 0.5) is 18.9 Å². The van der Waals surface area contributed by atoms with Crippen molar-refractivity contribution in [2.45, 2.75) is 5.51 Å². The number of hydrogen-bond acceptors (Lipinski definition) is 3. The molecule has 0 aliphatic carbocycles. The van der Waals surface area contributed by atoms with Crippen LogP contribution in [0, 0.1) is 0 Å². The van der Waals surface area contributed by atoms with Gasteiger partial charge in [-0.05, 0) is 30.0 Å². The van der Waals surface area contributed by atoms with Crippen LogP contribution in [0.2, 0.25) is 0 Å². The number of rotatable bonds is 4. The fourth-order valence-electron chi connectivity index (χ4n) is 1.11. The lowest BCUT2D eigenvalue weighted by Crippen LogP contribution is -2.26. The molecule has 3 nitrogen and oxygen atoms in total. The van der Waals surface area contributed by atoms with E-state index in [2.05, 4.69) is 5.32 Å². The Labute approximate surface area is 113 Å². The number of nitrogen functional groups attached to an aromatic ring is 1. The van der Waals surface area contributed by atoms with Gasteiger partial charge in [-0.2, -0.15) is 13.2 Å². The van der Waals surface area contributed by atoms with Crippen molar-refractivity contribution in [3.8, 4) is 0 Å². The van der Waals surface area contributed by atoms with E-state index in [1.165, 1.54) is 6.07 Å². The molecule has 1 aromatic rings. The summed E-state index contributed by atoms with van der Waals surface area (Å²) < 4.78 is 35.4. The summed E-state index contributed by atoms with van der Waals surface area (Å²) in [7, 11) is 0. The quantitative estimate of drug-likeness (QED) is 0.664. The van der Waals surface area contributed by atoms with Crippen molar-refractivity contribution >= 4 is 35.8 Å². The zero-order chi connectivity index (χ0) is 12.9. The molecule has 3 N–H and O–H groups in total. The Bertz CT molecular complexity index is 401. The average Bonchev–Trinajstić information content (AvgIpc) is 2.23. The standard InChI is InChI=1S/C10H11F3N2OS.ClH/c11-10(12,13)17-5-4-15-9(16)7-2-1-3-8(14)6-7;/h1-3,6H,4-5,14H2,(H,15,16);1H. The molecule has 0 aliphatic rings. The number of carbonyl (C=O) groups is 1. The van der Waals surface area contributed by atoms with E-state index in [0.29, 0.717) is 11.3 Å². The summed E-state index contributed by atoms with van der Waals surface area (Å²) in [5.41, 5.74) is 1.98. The zero-order valence-electron chi connectivity index (χ0n) is 9.16. The fraction of sp³-hybridized carbons (Fsp3) is 0.300. The summed E-state index contributed by atoms with van der Waals surface area (Å²) in [4.78, 5) is 11.5. The molecule has 18 heavy (non-hydrogen) atoms. The van der Waals surface area contributed by atoms with Crippen molar-refractivity contribution in [2.24, 2.45) is 0 Å². The van der Waals surface area contributed by atoms with Crippen LogP contribution >= 0.6 is 24.2 Å². The number of benzene rings is 1. The van der Waals surface area contributed by atoms with Gasteiger partial charge in [-0.15, -0.1) is 12.4 Å². The Kier molecular flexibility index (Phi) is 6.93. The average molecular weight is 301 g/mol. The number of hydrogen-bond donors (Lipinski definition) is 2. The molecule has 1 amide bonds. The predicted molar refractivity (Wildman–Crippen MR) is 68.9 cm³/mol. The highest BCUT2D eigenvalue weighted by Crippen LogP contribution is 2.29. The van der Waals surface area contributed by atoms with E-state index in [9.17, 15) is 18.0 Å². The number of carbonyl (C=O) groups excluding carboxylic acids is 1. The lowest BCUT2D eigenvalue weighted by Gasteiger charge is -2.07. The molecule has 0 atom stereocenters. The molecule has 0 spiro atoms. The first-order chi connectivity index (χ1) is 7.88. The second-order valence-electron chi connectivity index (χ2n) is 3.18. The molecule has 0 saturated heterocycles. The molecular weight excluding hydrogens is 289 g/mol. The second-order valence-corrected chi connectivity index (χ2v) is 4.34. The highest BCUT2D eigenvalue weighted by atomic mass is 35.5. The minimum absolute atomic E-state index is 0. The highest BCUT2D eigenvalue weighted by Gasteiger charge is 2.27. The second kappa shape index (κ2) is 7.38.